The Hall–Kier alpha value is -0.0800. The van der Waals surface area contributed by atoms with Crippen LogP contribution in [-0.4, -0.2) is 18.3 Å². The molecule has 3 N–H and O–H groups in total. The van der Waals surface area contributed by atoms with Gasteiger partial charge in [-0.3, -0.25) is 0 Å². The maximum atomic E-state index is 9.12. The molecule has 0 spiro atoms. The first-order valence-corrected chi connectivity index (χ1v) is 4.51. The maximum Gasteiger partial charge on any atom is 0.0484 e. The van der Waals surface area contributed by atoms with Crippen LogP contribution in [-0.2, 0) is 0 Å². The Morgan fingerprint density at radius 3 is 2.91 bits per heavy atom. The molecule has 0 aliphatic heterocycles. The van der Waals surface area contributed by atoms with Crippen molar-refractivity contribution in [2.75, 3.05) is 13.2 Å². The lowest BCUT2D eigenvalue weighted by molar-refractivity contribution is 0.0755. The zero-order chi connectivity index (χ0) is 8.32. The van der Waals surface area contributed by atoms with Crippen molar-refractivity contribution in [3.63, 3.8) is 0 Å². The van der Waals surface area contributed by atoms with E-state index < -0.39 is 0 Å². The average molecular weight is 157 g/mol. The third-order valence-corrected chi connectivity index (χ3v) is 2.89. The lowest BCUT2D eigenvalue weighted by Crippen LogP contribution is -2.32. The summed E-state index contributed by atoms with van der Waals surface area (Å²) in [6.07, 6.45) is 4.77. The number of aliphatic hydroxyl groups excluding tert-OH is 1. The van der Waals surface area contributed by atoms with Crippen LogP contribution in [0.15, 0.2) is 0 Å². The first kappa shape index (κ1) is 9.01. The van der Waals surface area contributed by atoms with E-state index in [2.05, 4.69) is 6.92 Å². The van der Waals surface area contributed by atoms with Crippen LogP contribution in [0.25, 0.3) is 0 Å². The zero-order valence-corrected chi connectivity index (χ0v) is 7.34. The third-order valence-electron chi connectivity index (χ3n) is 2.89. The number of hydrogen-bond acceptors (Lipinski definition) is 2. The molecule has 0 aromatic rings. The highest BCUT2D eigenvalue weighted by Crippen LogP contribution is 2.37. The van der Waals surface area contributed by atoms with Crippen LogP contribution < -0.4 is 5.73 Å². The predicted octanol–water partition coefficient (Wildman–Crippen LogP) is 1.13. The summed E-state index contributed by atoms with van der Waals surface area (Å²) < 4.78 is 0. The standard InChI is InChI=1S/C9H19NO/c1-9(7-11)4-2-3-8(5-9)6-10/h8,11H,2-7,10H2,1H3/t8-,9+/m1/s1. The van der Waals surface area contributed by atoms with Gasteiger partial charge in [-0.25, -0.2) is 0 Å². The van der Waals surface area contributed by atoms with Crippen LogP contribution in [0, 0.1) is 11.3 Å². The molecule has 0 heterocycles. The monoisotopic (exact) mass is 157 g/mol. The summed E-state index contributed by atoms with van der Waals surface area (Å²) in [5.41, 5.74) is 5.77. The van der Waals surface area contributed by atoms with Gasteiger partial charge in [-0.15, -0.1) is 0 Å². The Labute approximate surface area is 68.8 Å². The Balaban J connectivity index is 2.44. The minimum Gasteiger partial charge on any atom is -0.396 e. The summed E-state index contributed by atoms with van der Waals surface area (Å²) in [6, 6.07) is 0. The van der Waals surface area contributed by atoms with Crippen molar-refractivity contribution in [3.8, 4) is 0 Å². The van der Waals surface area contributed by atoms with Crippen LogP contribution in [0.5, 0.6) is 0 Å². The van der Waals surface area contributed by atoms with Crippen LogP contribution >= 0.6 is 0 Å². The molecule has 0 saturated heterocycles. The van der Waals surface area contributed by atoms with Gasteiger partial charge in [-0.1, -0.05) is 13.3 Å². The van der Waals surface area contributed by atoms with Crippen molar-refractivity contribution < 1.29 is 5.11 Å². The van der Waals surface area contributed by atoms with E-state index in [0.29, 0.717) is 12.5 Å². The fourth-order valence-corrected chi connectivity index (χ4v) is 2.06. The minimum atomic E-state index is 0.169. The summed E-state index contributed by atoms with van der Waals surface area (Å²) in [5.74, 6) is 0.654. The molecule has 1 saturated carbocycles. The van der Waals surface area contributed by atoms with Gasteiger partial charge >= 0.3 is 0 Å². The van der Waals surface area contributed by atoms with E-state index >= 15 is 0 Å². The van der Waals surface area contributed by atoms with Crippen LogP contribution in [0.2, 0.25) is 0 Å². The van der Waals surface area contributed by atoms with Gasteiger partial charge in [0.25, 0.3) is 0 Å². The van der Waals surface area contributed by atoms with E-state index in [1.807, 2.05) is 0 Å². The molecule has 1 fully saturated rings. The number of aliphatic hydroxyl groups is 1. The van der Waals surface area contributed by atoms with Crippen LogP contribution in [0.4, 0.5) is 0 Å². The van der Waals surface area contributed by atoms with E-state index in [4.69, 9.17) is 10.8 Å². The zero-order valence-electron chi connectivity index (χ0n) is 7.34. The molecule has 1 rings (SSSR count). The molecule has 0 bridgehead atoms. The Morgan fingerprint density at radius 2 is 2.36 bits per heavy atom. The Bertz CT molecular complexity index is 127. The second-order valence-electron chi connectivity index (χ2n) is 4.17. The lowest BCUT2D eigenvalue weighted by atomic mass is 9.71. The van der Waals surface area contributed by atoms with Crippen molar-refractivity contribution in [2.45, 2.75) is 32.6 Å². The molecule has 1 aliphatic carbocycles. The van der Waals surface area contributed by atoms with Gasteiger partial charge in [0.05, 0.1) is 0 Å². The lowest BCUT2D eigenvalue weighted by Gasteiger charge is -2.36. The molecular weight excluding hydrogens is 138 g/mol. The van der Waals surface area contributed by atoms with Crippen molar-refractivity contribution in [3.05, 3.63) is 0 Å². The highest BCUT2D eigenvalue weighted by molar-refractivity contribution is 4.82. The van der Waals surface area contributed by atoms with Gasteiger partial charge in [0.15, 0.2) is 0 Å². The summed E-state index contributed by atoms with van der Waals surface area (Å²) in [5, 5.41) is 9.12. The van der Waals surface area contributed by atoms with E-state index in [1.54, 1.807) is 0 Å². The molecule has 0 radical (unpaired) electrons. The van der Waals surface area contributed by atoms with Gasteiger partial charge in [-0.05, 0) is 37.1 Å². The normalized spacial score (nSPS) is 39.0. The molecular formula is C9H19NO. The molecule has 2 heteroatoms. The van der Waals surface area contributed by atoms with Crippen molar-refractivity contribution in [1.29, 1.82) is 0 Å². The fourth-order valence-electron chi connectivity index (χ4n) is 2.06. The molecule has 2 atom stereocenters. The summed E-state index contributed by atoms with van der Waals surface area (Å²) in [6.45, 7) is 3.27. The fraction of sp³-hybridized carbons (Fsp3) is 1.00. The quantitative estimate of drug-likeness (QED) is 0.631. The molecule has 66 valence electrons. The van der Waals surface area contributed by atoms with Gasteiger partial charge < -0.3 is 10.8 Å². The third kappa shape index (κ3) is 2.17. The number of hydrogen-bond donors (Lipinski definition) is 2. The molecule has 0 amide bonds. The number of rotatable bonds is 2. The van der Waals surface area contributed by atoms with Gasteiger partial charge in [0, 0.05) is 6.61 Å². The van der Waals surface area contributed by atoms with Crippen LogP contribution in [0.3, 0.4) is 0 Å². The molecule has 1 aliphatic rings. The first-order chi connectivity index (χ1) is 5.20. The largest absolute Gasteiger partial charge is 0.396 e. The maximum absolute atomic E-state index is 9.12. The summed E-state index contributed by atoms with van der Waals surface area (Å²) in [4.78, 5) is 0. The van der Waals surface area contributed by atoms with Gasteiger partial charge in [0.2, 0.25) is 0 Å². The Kier molecular flexibility index (Phi) is 2.90. The highest BCUT2D eigenvalue weighted by Gasteiger charge is 2.30. The predicted molar refractivity (Wildman–Crippen MR) is 46.2 cm³/mol. The van der Waals surface area contributed by atoms with E-state index in [1.165, 1.54) is 19.3 Å². The minimum absolute atomic E-state index is 0.169. The van der Waals surface area contributed by atoms with Gasteiger partial charge in [0.1, 0.15) is 0 Å². The van der Waals surface area contributed by atoms with Gasteiger partial charge in [-0.2, -0.15) is 0 Å². The van der Waals surface area contributed by atoms with Crippen LogP contribution in [0.1, 0.15) is 32.6 Å². The van der Waals surface area contributed by atoms with E-state index in [9.17, 15) is 0 Å². The second kappa shape index (κ2) is 3.55. The van der Waals surface area contributed by atoms with Crippen molar-refractivity contribution >= 4 is 0 Å². The molecule has 2 nitrogen and oxygen atoms in total. The second-order valence-corrected chi connectivity index (χ2v) is 4.17. The summed E-state index contributed by atoms with van der Waals surface area (Å²) >= 11 is 0. The SMILES string of the molecule is C[C@]1(CO)CCC[C@@H](CN)C1. The van der Waals surface area contributed by atoms with Crippen molar-refractivity contribution in [1.82, 2.24) is 0 Å². The van der Waals surface area contributed by atoms with E-state index in [0.717, 1.165) is 13.0 Å². The first-order valence-electron chi connectivity index (χ1n) is 4.51. The van der Waals surface area contributed by atoms with Crippen molar-refractivity contribution in [2.24, 2.45) is 17.1 Å². The average Bonchev–Trinajstić information content (AvgIpc) is 2.05. The molecule has 11 heavy (non-hydrogen) atoms. The molecule has 0 unspecified atom stereocenters. The molecule has 0 aromatic heterocycles. The topological polar surface area (TPSA) is 46.2 Å². The van der Waals surface area contributed by atoms with E-state index in [-0.39, 0.29) is 5.41 Å². The molecule has 0 aromatic carbocycles. The smallest absolute Gasteiger partial charge is 0.0484 e. The Morgan fingerprint density at radius 1 is 1.64 bits per heavy atom. The summed E-state index contributed by atoms with van der Waals surface area (Å²) in [7, 11) is 0. The number of nitrogens with two attached hydrogens (primary N) is 1. The highest BCUT2D eigenvalue weighted by atomic mass is 16.3.